The van der Waals surface area contributed by atoms with Gasteiger partial charge in [-0.05, 0) is 0 Å². The lowest BCUT2D eigenvalue weighted by Gasteiger charge is -2.05. The van der Waals surface area contributed by atoms with Crippen molar-refractivity contribution < 1.29 is 0 Å². The topological polar surface area (TPSA) is 0 Å². The third-order valence-electron chi connectivity index (χ3n) is 6.96. The van der Waals surface area contributed by atoms with Gasteiger partial charge >= 0.3 is 0 Å². The largest absolute Gasteiger partial charge is 0.0654 e. The maximum absolute atomic E-state index is 2.30. The van der Waals surface area contributed by atoms with Gasteiger partial charge in [0, 0.05) is 0 Å². The Balaban J connectivity index is 0.00000118. The highest BCUT2D eigenvalue weighted by atomic mass is 14.0. The molecule has 0 aliphatic heterocycles. The van der Waals surface area contributed by atoms with Crippen molar-refractivity contribution in [2.75, 3.05) is 0 Å². The van der Waals surface area contributed by atoms with Crippen molar-refractivity contribution in [2.24, 2.45) is 0 Å². The molecule has 0 bridgehead atoms. The zero-order valence-corrected chi connectivity index (χ0v) is 21.8. The van der Waals surface area contributed by atoms with Crippen LogP contribution < -0.4 is 0 Å². The molecule has 0 spiro atoms. The molecule has 0 heteroatoms. The Kier molecular flexibility index (Phi) is 29.0. The van der Waals surface area contributed by atoms with Crippen LogP contribution in [0.5, 0.6) is 0 Å². The molecule has 0 aromatic carbocycles. The van der Waals surface area contributed by atoms with Crippen molar-refractivity contribution in [3.63, 3.8) is 0 Å². The van der Waals surface area contributed by atoms with Gasteiger partial charge in [-0.3, -0.25) is 0 Å². The monoisotopic (exact) mass is 422 g/mol. The average Bonchev–Trinajstić information content (AvgIpc) is 2.79. The molecular formula is C30H62. The van der Waals surface area contributed by atoms with Crippen molar-refractivity contribution >= 4 is 0 Å². The second-order valence-electron chi connectivity index (χ2n) is 10.2. The van der Waals surface area contributed by atoms with Gasteiger partial charge in [0.15, 0.2) is 0 Å². The van der Waals surface area contributed by atoms with Crippen LogP contribution in [0.1, 0.15) is 194 Å². The number of unbranched alkanes of at least 4 members (excludes halogenated alkanes) is 21. The summed E-state index contributed by atoms with van der Waals surface area (Å²) >= 11 is 0. The number of hydrogen-bond acceptors (Lipinski definition) is 0. The van der Waals surface area contributed by atoms with E-state index in [4.69, 9.17) is 0 Å². The van der Waals surface area contributed by atoms with Gasteiger partial charge in [0.25, 0.3) is 0 Å². The van der Waals surface area contributed by atoms with Crippen LogP contribution >= 0.6 is 0 Å². The quantitative estimate of drug-likeness (QED) is 0.161. The number of hydrogen-bond donors (Lipinski definition) is 0. The van der Waals surface area contributed by atoms with Gasteiger partial charge in [-0.15, -0.1) is 0 Å². The summed E-state index contributed by atoms with van der Waals surface area (Å²) in [5, 5.41) is 0. The van der Waals surface area contributed by atoms with E-state index in [2.05, 4.69) is 13.8 Å². The summed E-state index contributed by atoms with van der Waals surface area (Å²) in [6.45, 7) is 4.60. The minimum atomic E-state index is 1.37. The average molecular weight is 423 g/mol. The van der Waals surface area contributed by atoms with Crippen LogP contribution in [-0.4, -0.2) is 0 Å². The summed E-state index contributed by atoms with van der Waals surface area (Å²) in [7, 11) is 0. The Morgan fingerprint density at radius 1 is 0.233 bits per heavy atom. The molecule has 0 aromatic heterocycles. The summed E-state index contributed by atoms with van der Waals surface area (Å²) < 4.78 is 0. The SMILES string of the molecule is C1CCCCC1.CCCCCCCCCCCCCCCCCCCCCCCC. The van der Waals surface area contributed by atoms with Crippen molar-refractivity contribution in [2.45, 2.75) is 194 Å². The van der Waals surface area contributed by atoms with Crippen LogP contribution in [0.2, 0.25) is 0 Å². The lowest BCUT2D eigenvalue weighted by atomic mass is 10.0. The predicted octanol–water partition coefficient (Wildman–Crippen LogP) is 11.9. The van der Waals surface area contributed by atoms with Crippen LogP contribution in [0.3, 0.4) is 0 Å². The molecule has 0 heterocycles. The first-order chi connectivity index (χ1) is 14.9. The van der Waals surface area contributed by atoms with Crippen LogP contribution in [0, 0.1) is 0 Å². The van der Waals surface area contributed by atoms with Gasteiger partial charge in [0.05, 0.1) is 0 Å². The second-order valence-corrected chi connectivity index (χ2v) is 10.2. The van der Waals surface area contributed by atoms with E-state index in [9.17, 15) is 0 Å². The third-order valence-corrected chi connectivity index (χ3v) is 6.96. The Morgan fingerprint density at radius 3 is 0.500 bits per heavy atom. The van der Waals surface area contributed by atoms with E-state index in [0.717, 1.165) is 0 Å². The second kappa shape index (κ2) is 29.0. The first kappa shape index (κ1) is 30.0. The molecule has 1 saturated carbocycles. The smallest absolute Gasteiger partial charge is 0.0533 e. The zero-order valence-electron chi connectivity index (χ0n) is 21.8. The lowest BCUT2D eigenvalue weighted by molar-refractivity contribution is 0.504. The molecule has 0 unspecified atom stereocenters. The maximum Gasteiger partial charge on any atom is -0.0533 e. The fraction of sp³-hybridized carbons (Fsp3) is 1.00. The molecule has 0 nitrogen and oxygen atoms in total. The van der Waals surface area contributed by atoms with E-state index in [1.165, 1.54) is 180 Å². The minimum absolute atomic E-state index is 1.37. The molecule has 182 valence electrons. The van der Waals surface area contributed by atoms with Gasteiger partial charge in [-0.2, -0.15) is 0 Å². The third kappa shape index (κ3) is 28.0. The molecular weight excluding hydrogens is 360 g/mol. The molecule has 1 fully saturated rings. The normalized spacial score (nSPS) is 13.8. The van der Waals surface area contributed by atoms with E-state index in [-0.39, 0.29) is 0 Å². The Morgan fingerprint density at radius 2 is 0.367 bits per heavy atom. The van der Waals surface area contributed by atoms with Crippen molar-refractivity contribution in [3.05, 3.63) is 0 Å². The molecule has 0 amide bonds. The summed E-state index contributed by atoms with van der Waals surface area (Å²) in [6, 6.07) is 0. The fourth-order valence-electron chi connectivity index (χ4n) is 4.74. The lowest BCUT2D eigenvalue weighted by Crippen LogP contribution is -1.85. The summed E-state index contributed by atoms with van der Waals surface area (Å²) in [5.74, 6) is 0. The van der Waals surface area contributed by atoms with Crippen LogP contribution in [0.15, 0.2) is 0 Å². The van der Waals surface area contributed by atoms with E-state index >= 15 is 0 Å². The minimum Gasteiger partial charge on any atom is -0.0654 e. The van der Waals surface area contributed by atoms with E-state index in [1.54, 1.807) is 0 Å². The van der Waals surface area contributed by atoms with Gasteiger partial charge in [0.1, 0.15) is 0 Å². The number of rotatable bonds is 21. The molecule has 0 aromatic rings. The van der Waals surface area contributed by atoms with Crippen molar-refractivity contribution in [3.8, 4) is 0 Å². The van der Waals surface area contributed by atoms with Gasteiger partial charge in [-0.1, -0.05) is 194 Å². The predicted molar refractivity (Wildman–Crippen MR) is 141 cm³/mol. The summed E-state index contributed by atoms with van der Waals surface area (Å²) in [6.07, 6.45) is 41.4. The standard InChI is InChI=1S/C24H50.C6H12/c1-3-5-7-9-11-13-15-17-19-21-23-24-22-20-18-16-14-12-10-8-6-4-2;1-2-4-6-5-3-1/h3-24H2,1-2H3;1-6H2. The zero-order chi connectivity index (χ0) is 21.8. The highest BCUT2D eigenvalue weighted by Crippen LogP contribution is 2.16. The van der Waals surface area contributed by atoms with Gasteiger partial charge < -0.3 is 0 Å². The van der Waals surface area contributed by atoms with Crippen LogP contribution in [0.4, 0.5) is 0 Å². The fourth-order valence-corrected chi connectivity index (χ4v) is 4.74. The first-order valence-electron chi connectivity index (χ1n) is 14.9. The van der Waals surface area contributed by atoms with E-state index in [0.29, 0.717) is 0 Å². The molecule has 1 aliphatic carbocycles. The van der Waals surface area contributed by atoms with Crippen molar-refractivity contribution in [1.29, 1.82) is 0 Å². The molecule has 0 radical (unpaired) electrons. The van der Waals surface area contributed by atoms with Gasteiger partial charge in [0.2, 0.25) is 0 Å². The van der Waals surface area contributed by atoms with E-state index in [1.807, 2.05) is 0 Å². The van der Waals surface area contributed by atoms with Gasteiger partial charge in [-0.25, -0.2) is 0 Å². The van der Waals surface area contributed by atoms with E-state index < -0.39 is 0 Å². The van der Waals surface area contributed by atoms with Crippen molar-refractivity contribution in [1.82, 2.24) is 0 Å². The van der Waals surface area contributed by atoms with Crippen LogP contribution in [-0.2, 0) is 0 Å². The molecule has 0 N–H and O–H groups in total. The molecule has 0 atom stereocenters. The molecule has 1 aliphatic rings. The Bertz CT molecular complexity index is 232. The summed E-state index contributed by atoms with van der Waals surface area (Å²) in [5.41, 5.74) is 0. The Hall–Kier alpha value is 0. The summed E-state index contributed by atoms with van der Waals surface area (Å²) in [4.78, 5) is 0. The Labute approximate surface area is 193 Å². The maximum atomic E-state index is 2.30. The molecule has 30 heavy (non-hydrogen) atoms. The highest BCUT2D eigenvalue weighted by molar-refractivity contribution is 4.52. The van der Waals surface area contributed by atoms with Crippen LogP contribution in [0.25, 0.3) is 0 Å². The molecule has 0 saturated heterocycles. The first-order valence-corrected chi connectivity index (χ1v) is 14.9. The highest BCUT2D eigenvalue weighted by Gasteiger charge is 1.96. The molecule has 1 rings (SSSR count).